The molecule has 1 aliphatic heterocycles. The van der Waals surface area contributed by atoms with Gasteiger partial charge in [-0.25, -0.2) is 9.78 Å². The Balaban J connectivity index is 1.87. The van der Waals surface area contributed by atoms with Gasteiger partial charge in [-0.3, -0.25) is 4.79 Å². The molecule has 2 heterocycles. The standard InChI is InChI=1S/C26H25Cl2N3O4S/c1-14-21(23(32)34-3)22(26(15(2)29-14,24(33)35-4)17-8-6-5-7-9-17)31-25-30-20(13-36-25)16-10-11-18(27)19(28)12-16/h5-13,15,22,29H,1-4H3,(H,30,31). The molecular formula is C26H25Cl2N3O4S. The van der Waals surface area contributed by atoms with Gasteiger partial charge in [0.15, 0.2) is 5.13 Å². The lowest BCUT2D eigenvalue weighted by Crippen LogP contribution is -2.65. The Morgan fingerprint density at radius 1 is 1.08 bits per heavy atom. The number of aromatic nitrogens is 1. The van der Waals surface area contributed by atoms with Crippen molar-refractivity contribution in [2.45, 2.75) is 31.3 Å². The molecule has 1 aliphatic rings. The second-order valence-electron chi connectivity index (χ2n) is 8.37. The minimum absolute atomic E-state index is 0.288. The molecular weight excluding hydrogens is 521 g/mol. The first-order valence-electron chi connectivity index (χ1n) is 11.1. The Kier molecular flexibility index (Phi) is 7.59. The van der Waals surface area contributed by atoms with Crippen molar-refractivity contribution in [2.24, 2.45) is 0 Å². The molecule has 0 aliphatic carbocycles. The summed E-state index contributed by atoms with van der Waals surface area (Å²) in [5, 5.41) is 9.92. The summed E-state index contributed by atoms with van der Waals surface area (Å²) in [4.78, 5) is 31.4. The van der Waals surface area contributed by atoms with Crippen LogP contribution in [0.4, 0.5) is 5.13 Å². The van der Waals surface area contributed by atoms with Gasteiger partial charge in [0.2, 0.25) is 0 Å². The minimum atomic E-state index is -1.31. The molecule has 3 unspecified atom stereocenters. The molecule has 3 atom stereocenters. The van der Waals surface area contributed by atoms with Crippen LogP contribution in [0, 0.1) is 0 Å². The molecule has 0 bridgehead atoms. The zero-order valence-electron chi connectivity index (χ0n) is 20.1. The molecule has 36 heavy (non-hydrogen) atoms. The molecule has 1 aromatic heterocycles. The molecule has 7 nitrogen and oxygen atoms in total. The van der Waals surface area contributed by atoms with Crippen molar-refractivity contribution in [3.8, 4) is 11.3 Å². The topological polar surface area (TPSA) is 89.5 Å². The van der Waals surface area contributed by atoms with Crippen LogP contribution in [0.1, 0.15) is 19.4 Å². The third-order valence-electron chi connectivity index (χ3n) is 6.43. The Bertz CT molecular complexity index is 1330. The molecule has 0 amide bonds. The largest absolute Gasteiger partial charge is 0.468 e. The summed E-state index contributed by atoms with van der Waals surface area (Å²) in [6, 6.07) is 13.2. The van der Waals surface area contributed by atoms with Gasteiger partial charge in [0, 0.05) is 22.7 Å². The Morgan fingerprint density at radius 3 is 2.44 bits per heavy atom. The molecule has 3 aromatic rings. The summed E-state index contributed by atoms with van der Waals surface area (Å²) in [5.41, 5.74) is 1.72. The van der Waals surface area contributed by atoms with E-state index in [0.717, 1.165) is 5.56 Å². The summed E-state index contributed by atoms with van der Waals surface area (Å²) < 4.78 is 10.5. The quantitative estimate of drug-likeness (QED) is 0.398. The van der Waals surface area contributed by atoms with Gasteiger partial charge in [0.05, 0.1) is 41.6 Å². The van der Waals surface area contributed by atoms with Crippen LogP contribution in [-0.4, -0.2) is 43.2 Å². The molecule has 0 fully saturated rings. The minimum Gasteiger partial charge on any atom is -0.468 e. The van der Waals surface area contributed by atoms with Crippen molar-refractivity contribution >= 4 is 51.6 Å². The number of anilines is 1. The van der Waals surface area contributed by atoms with Crippen molar-refractivity contribution < 1.29 is 19.1 Å². The van der Waals surface area contributed by atoms with Gasteiger partial charge in [-0.15, -0.1) is 11.3 Å². The van der Waals surface area contributed by atoms with E-state index >= 15 is 0 Å². The average Bonchev–Trinajstić information content (AvgIpc) is 3.34. The van der Waals surface area contributed by atoms with Crippen LogP contribution in [0.3, 0.4) is 0 Å². The second kappa shape index (κ2) is 10.5. The maximum atomic E-state index is 13.6. The number of methoxy groups -OCH3 is 2. The van der Waals surface area contributed by atoms with Crippen molar-refractivity contribution in [2.75, 3.05) is 19.5 Å². The fraction of sp³-hybridized carbons (Fsp3) is 0.269. The van der Waals surface area contributed by atoms with E-state index < -0.39 is 29.4 Å². The highest BCUT2D eigenvalue weighted by Crippen LogP contribution is 2.43. The highest BCUT2D eigenvalue weighted by Gasteiger charge is 2.58. The van der Waals surface area contributed by atoms with Crippen molar-refractivity contribution in [1.29, 1.82) is 0 Å². The number of allylic oxidation sites excluding steroid dienone is 1. The predicted octanol–water partition coefficient (Wildman–Crippen LogP) is 5.45. The number of hydrogen-bond acceptors (Lipinski definition) is 8. The maximum absolute atomic E-state index is 13.6. The summed E-state index contributed by atoms with van der Waals surface area (Å²) in [6.45, 7) is 3.67. The summed E-state index contributed by atoms with van der Waals surface area (Å²) in [7, 11) is 2.65. The Hall–Kier alpha value is -3.07. The summed E-state index contributed by atoms with van der Waals surface area (Å²) >= 11 is 13.6. The van der Waals surface area contributed by atoms with Gasteiger partial charge >= 0.3 is 11.9 Å². The SMILES string of the molecule is COC(=O)C1=C(C)NC(C)C(C(=O)OC)(c2ccccc2)C1Nc1nc(-c2ccc(Cl)c(Cl)c2)cs1. The number of nitrogens with zero attached hydrogens (tertiary/aromatic N) is 1. The molecule has 0 saturated carbocycles. The van der Waals surface area contributed by atoms with E-state index in [1.807, 2.05) is 48.7 Å². The first-order chi connectivity index (χ1) is 17.2. The van der Waals surface area contributed by atoms with Gasteiger partial charge in [0.1, 0.15) is 5.41 Å². The number of hydrogen-bond donors (Lipinski definition) is 2. The highest BCUT2D eigenvalue weighted by atomic mass is 35.5. The number of rotatable bonds is 6. The zero-order valence-corrected chi connectivity index (χ0v) is 22.4. The molecule has 10 heteroatoms. The fourth-order valence-electron chi connectivity index (χ4n) is 4.74. The third-order valence-corrected chi connectivity index (χ3v) is 7.94. The third kappa shape index (κ3) is 4.45. The van der Waals surface area contributed by atoms with Crippen molar-refractivity contribution in [3.63, 3.8) is 0 Å². The molecule has 4 rings (SSSR count). The fourth-order valence-corrected chi connectivity index (χ4v) is 5.79. The van der Waals surface area contributed by atoms with E-state index in [1.54, 1.807) is 19.1 Å². The van der Waals surface area contributed by atoms with E-state index in [9.17, 15) is 9.59 Å². The van der Waals surface area contributed by atoms with Crippen LogP contribution >= 0.6 is 34.5 Å². The highest BCUT2D eigenvalue weighted by molar-refractivity contribution is 7.14. The van der Waals surface area contributed by atoms with Crippen molar-refractivity contribution in [3.05, 3.63) is 80.8 Å². The molecule has 0 spiro atoms. The van der Waals surface area contributed by atoms with Crippen LogP contribution in [0.15, 0.2) is 65.2 Å². The second-order valence-corrected chi connectivity index (χ2v) is 10.0. The van der Waals surface area contributed by atoms with Gasteiger partial charge in [-0.2, -0.15) is 0 Å². The smallest absolute Gasteiger partial charge is 0.337 e. The monoisotopic (exact) mass is 545 g/mol. The normalized spacial score (nSPS) is 21.5. The summed E-state index contributed by atoms with van der Waals surface area (Å²) in [5.74, 6) is -1.06. The van der Waals surface area contributed by atoms with E-state index in [-0.39, 0.29) is 5.57 Å². The number of nitrogens with one attached hydrogen (secondary N) is 2. The van der Waals surface area contributed by atoms with Crippen LogP contribution in [-0.2, 0) is 24.5 Å². The Morgan fingerprint density at radius 2 is 1.81 bits per heavy atom. The number of thiazole rings is 1. The summed E-state index contributed by atoms with van der Waals surface area (Å²) in [6.07, 6.45) is 0. The lowest BCUT2D eigenvalue weighted by Gasteiger charge is -2.47. The van der Waals surface area contributed by atoms with E-state index in [1.165, 1.54) is 25.6 Å². The van der Waals surface area contributed by atoms with Crippen molar-refractivity contribution in [1.82, 2.24) is 10.3 Å². The lowest BCUT2D eigenvalue weighted by atomic mass is 9.64. The first-order valence-corrected chi connectivity index (χ1v) is 12.7. The first kappa shape index (κ1) is 26.0. The van der Waals surface area contributed by atoms with E-state index in [2.05, 4.69) is 10.6 Å². The van der Waals surface area contributed by atoms with Crippen LogP contribution in [0.25, 0.3) is 11.3 Å². The van der Waals surface area contributed by atoms with Crippen LogP contribution < -0.4 is 10.6 Å². The number of carbonyl (C=O) groups is 2. The zero-order chi connectivity index (χ0) is 26.0. The van der Waals surface area contributed by atoms with E-state index in [4.69, 9.17) is 37.7 Å². The van der Waals surface area contributed by atoms with Crippen LogP contribution in [0.5, 0.6) is 0 Å². The molecule has 2 aromatic carbocycles. The number of halogens is 2. The van der Waals surface area contributed by atoms with E-state index in [0.29, 0.717) is 32.1 Å². The molecule has 0 saturated heterocycles. The van der Waals surface area contributed by atoms with Gasteiger partial charge < -0.3 is 20.1 Å². The van der Waals surface area contributed by atoms with Crippen LogP contribution in [0.2, 0.25) is 10.0 Å². The maximum Gasteiger partial charge on any atom is 0.337 e. The van der Waals surface area contributed by atoms with Gasteiger partial charge in [-0.1, -0.05) is 59.6 Å². The van der Waals surface area contributed by atoms with Gasteiger partial charge in [-0.05, 0) is 31.5 Å². The molecule has 188 valence electrons. The number of ether oxygens (including phenoxy) is 2. The van der Waals surface area contributed by atoms with Gasteiger partial charge in [0.25, 0.3) is 0 Å². The number of benzene rings is 2. The molecule has 0 radical (unpaired) electrons. The average molecular weight is 546 g/mol. The lowest BCUT2D eigenvalue weighted by molar-refractivity contribution is -0.149. The predicted molar refractivity (Wildman–Crippen MR) is 142 cm³/mol. The molecule has 2 N–H and O–H groups in total. The number of esters is 2. The Labute approximate surface area is 223 Å². The number of carbonyl (C=O) groups excluding carboxylic acids is 2.